The van der Waals surface area contributed by atoms with Gasteiger partial charge in [0.1, 0.15) is 0 Å². The molecule has 1 aliphatic heterocycles. The Balaban J connectivity index is 1.79. The number of benzene rings is 1. The van der Waals surface area contributed by atoms with Gasteiger partial charge < -0.3 is 0 Å². The minimum Gasteiger partial charge on any atom is -0.297 e. The zero-order valence-electron chi connectivity index (χ0n) is 11.6. The number of aryl methyl sites for hydroxylation is 1. The van der Waals surface area contributed by atoms with E-state index in [-0.39, 0.29) is 0 Å². The van der Waals surface area contributed by atoms with E-state index in [0.717, 1.165) is 0 Å². The summed E-state index contributed by atoms with van der Waals surface area (Å²) in [7, 11) is 0. The van der Waals surface area contributed by atoms with E-state index in [1.807, 2.05) is 0 Å². The molecule has 0 amide bonds. The molecule has 0 aromatic heterocycles. The van der Waals surface area contributed by atoms with Crippen molar-refractivity contribution in [2.75, 3.05) is 13.1 Å². The molecule has 0 unspecified atom stereocenters. The maximum absolute atomic E-state index is 4.15. The number of nitrogens with zero attached hydrogens (tertiary/aromatic N) is 1. The van der Waals surface area contributed by atoms with Gasteiger partial charge in [-0.25, -0.2) is 0 Å². The molecule has 1 saturated heterocycles. The lowest BCUT2D eigenvalue weighted by molar-refractivity contribution is 0.170. The molecule has 0 saturated carbocycles. The molecule has 18 heavy (non-hydrogen) atoms. The third-order valence-corrected chi connectivity index (χ3v) is 3.94. The Bertz CT molecular complexity index is 368. The molecule has 0 N–H and O–H groups in total. The summed E-state index contributed by atoms with van der Waals surface area (Å²) in [6.45, 7) is 8.81. The van der Waals surface area contributed by atoms with Gasteiger partial charge in [-0.1, -0.05) is 48.9 Å². The molecule has 1 heterocycles. The number of piperidine rings is 1. The molecule has 1 fully saturated rings. The topological polar surface area (TPSA) is 3.24 Å². The van der Waals surface area contributed by atoms with Crippen molar-refractivity contribution in [2.24, 2.45) is 0 Å². The molecule has 0 bridgehead atoms. The quantitative estimate of drug-likeness (QED) is 0.705. The number of likely N-dealkylation sites (tertiary alicyclic amines) is 1. The molecule has 2 rings (SSSR count). The van der Waals surface area contributed by atoms with E-state index in [1.54, 1.807) is 0 Å². The van der Waals surface area contributed by atoms with Crippen molar-refractivity contribution in [1.29, 1.82) is 0 Å². The second-order valence-corrected chi connectivity index (χ2v) is 5.48. The van der Waals surface area contributed by atoms with Gasteiger partial charge >= 0.3 is 0 Å². The van der Waals surface area contributed by atoms with Gasteiger partial charge in [0.25, 0.3) is 0 Å². The van der Waals surface area contributed by atoms with Gasteiger partial charge in [-0.15, -0.1) is 0 Å². The lowest BCUT2D eigenvalue weighted by atomic mass is 9.96. The van der Waals surface area contributed by atoms with E-state index < -0.39 is 0 Å². The van der Waals surface area contributed by atoms with E-state index in [2.05, 4.69) is 48.7 Å². The van der Waals surface area contributed by atoms with Gasteiger partial charge in [-0.3, -0.25) is 4.90 Å². The molecule has 1 nitrogen and oxygen atoms in total. The lowest BCUT2D eigenvalue weighted by Crippen LogP contribution is -2.40. The fourth-order valence-corrected chi connectivity index (χ4v) is 2.95. The van der Waals surface area contributed by atoms with Crippen LogP contribution >= 0.6 is 0 Å². The van der Waals surface area contributed by atoms with Crippen LogP contribution in [0.3, 0.4) is 0 Å². The summed E-state index contributed by atoms with van der Waals surface area (Å²) in [6, 6.07) is 11.4. The van der Waals surface area contributed by atoms with E-state index >= 15 is 0 Å². The molecule has 1 aromatic rings. The highest BCUT2D eigenvalue weighted by atomic mass is 15.2. The zero-order chi connectivity index (χ0) is 12.8. The van der Waals surface area contributed by atoms with Crippen molar-refractivity contribution in [3.8, 4) is 0 Å². The van der Waals surface area contributed by atoms with Crippen LogP contribution in [0.15, 0.2) is 42.5 Å². The highest BCUT2D eigenvalue weighted by molar-refractivity contribution is 5.14. The highest BCUT2D eigenvalue weighted by Gasteiger charge is 2.21. The normalized spacial score (nSPS) is 20.8. The maximum Gasteiger partial charge on any atom is 0.0302 e. The predicted octanol–water partition coefficient (Wildman–Crippen LogP) is 4.05. The summed E-state index contributed by atoms with van der Waals surface area (Å²) in [5, 5.41) is 0. The second-order valence-electron chi connectivity index (χ2n) is 5.48. The Kier molecular flexibility index (Phi) is 5.00. The Morgan fingerprint density at radius 3 is 2.78 bits per heavy atom. The van der Waals surface area contributed by atoms with Gasteiger partial charge in [0, 0.05) is 6.04 Å². The molecular weight excluding hydrogens is 218 g/mol. The van der Waals surface area contributed by atoms with Crippen LogP contribution in [-0.2, 0) is 6.42 Å². The van der Waals surface area contributed by atoms with Crippen LogP contribution in [0.2, 0.25) is 0 Å². The smallest absolute Gasteiger partial charge is 0.0302 e. The summed E-state index contributed by atoms with van der Waals surface area (Å²) in [5.74, 6) is 0. The standard InChI is InChI=1S/C17H25N/c1-15(2)17-12-6-7-13-18(17)14-8-11-16-9-4-3-5-10-16/h3-5,9-10,17H,1,6-8,11-14H2,2H3/t17-/m1/s1. The summed E-state index contributed by atoms with van der Waals surface area (Å²) < 4.78 is 0. The van der Waals surface area contributed by atoms with Crippen molar-refractivity contribution in [3.63, 3.8) is 0 Å². The molecule has 1 heteroatoms. The fraction of sp³-hybridized carbons (Fsp3) is 0.529. The summed E-state index contributed by atoms with van der Waals surface area (Å²) in [6.07, 6.45) is 6.48. The predicted molar refractivity (Wildman–Crippen MR) is 78.8 cm³/mol. The van der Waals surface area contributed by atoms with Crippen molar-refractivity contribution in [1.82, 2.24) is 4.90 Å². The van der Waals surface area contributed by atoms with Crippen molar-refractivity contribution < 1.29 is 0 Å². The van der Waals surface area contributed by atoms with Crippen molar-refractivity contribution in [2.45, 2.75) is 45.1 Å². The van der Waals surface area contributed by atoms with E-state index in [0.29, 0.717) is 6.04 Å². The monoisotopic (exact) mass is 243 g/mol. The molecule has 1 aromatic carbocycles. The van der Waals surface area contributed by atoms with Crippen LogP contribution in [0.5, 0.6) is 0 Å². The largest absolute Gasteiger partial charge is 0.297 e. The van der Waals surface area contributed by atoms with Gasteiger partial charge in [0.2, 0.25) is 0 Å². The van der Waals surface area contributed by atoms with Crippen molar-refractivity contribution >= 4 is 0 Å². The minimum absolute atomic E-state index is 0.634. The third kappa shape index (κ3) is 3.71. The molecular formula is C17H25N. The molecule has 0 spiro atoms. The molecule has 1 aliphatic rings. The first-order valence-corrected chi connectivity index (χ1v) is 7.21. The molecule has 0 radical (unpaired) electrons. The van der Waals surface area contributed by atoms with E-state index in [1.165, 1.54) is 56.3 Å². The van der Waals surface area contributed by atoms with Crippen LogP contribution in [-0.4, -0.2) is 24.0 Å². The van der Waals surface area contributed by atoms with Gasteiger partial charge in [0.05, 0.1) is 0 Å². The number of rotatable bonds is 5. The first-order valence-electron chi connectivity index (χ1n) is 7.21. The lowest BCUT2D eigenvalue weighted by Gasteiger charge is -2.36. The van der Waals surface area contributed by atoms with Gasteiger partial charge in [-0.2, -0.15) is 0 Å². The molecule has 98 valence electrons. The summed E-state index contributed by atoms with van der Waals surface area (Å²) in [4.78, 5) is 2.63. The average Bonchev–Trinajstić information content (AvgIpc) is 2.40. The van der Waals surface area contributed by atoms with E-state index in [9.17, 15) is 0 Å². The number of hydrogen-bond donors (Lipinski definition) is 0. The summed E-state index contributed by atoms with van der Waals surface area (Å²) >= 11 is 0. The highest BCUT2D eigenvalue weighted by Crippen LogP contribution is 2.22. The third-order valence-electron chi connectivity index (χ3n) is 3.94. The Labute approximate surface area is 112 Å². The Morgan fingerprint density at radius 2 is 2.06 bits per heavy atom. The first kappa shape index (κ1) is 13.4. The first-order chi connectivity index (χ1) is 8.77. The minimum atomic E-state index is 0.634. The van der Waals surface area contributed by atoms with Crippen molar-refractivity contribution in [3.05, 3.63) is 48.0 Å². The van der Waals surface area contributed by atoms with Crippen LogP contribution < -0.4 is 0 Å². The second kappa shape index (κ2) is 6.75. The van der Waals surface area contributed by atoms with Crippen LogP contribution in [0.25, 0.3) is 0 Å². The van der Waals surface area contributed by atoms with Crippen LogP contribution in [0.4, 0.5) is 0 Å². The SMILES string of the molecule is C=C(C)[C@H]1CCCCN1CCCc1ccccc1. The van der Waals surface area contributed by atoms with Gasteiger partial charge in [0.15, 0.2) is 0 Å². The van der Waals surface area contributed by atoms with E-state index in [4.69, 9.17) is 0 Å². The Morgan fingerprint density at radius 1 is 1.28 bits per heavy atom. The zero-order valence-corrected chi connectivity index (χ0v) is 11.6. The average molecular weight is 243 g/mol. The van der Waals surface area contributed by atoms with Crippen LogP contribution in [0, 0.1) is 0 Å². The number of hydrogen-bond acceptors (Lipinski definition) is 1. The Hall–Kier alpha value is -1.08. The summed E-state index contributed by atoms with van der Waals surface area (Å²) in [5.41, 5.74) is 2.80. The maximum atomic E-state index is 4.15. The molecule has 1 atom stereocenters. The van der Waals surface area contributed by atoms with Crippen LogP contribution in [0.1, 0.15) is 38.2 Å². The molecule has 0 aliphatic carbocycles. The fourth-order valence-electron chi connectivity index (χ4n) is 2.95. The van der Waals surface area contributed by atoms with Gasteiger partial charge in [-0.05, 0) is 51.3 Å².